The summed E-state index contributed by atoms with van der Waals surface area (Å²) in [5, 5.41) is 226. The summed E-state index contributed by atoms with van der Waals surface area (Å²) in [4.78, 5) is 173. The largest absolute Gasteiger partial charge is 0.481 e. The van der Waals surface area contributed by atoms with Crippen LogP contribution in [0.15, 0.2) is 0 Å². The van der Waals surface area contributed by atoms with Crippen molar-refractivity contribution < 1.29 is 269 Å². The highest BCUT2D eigenvalue weighted by Crippen LogP contribution is 2.40. The molecule has 21 fully saturated rings. The number of ether oxygens (including phenoxy) is 21. The second kappa shape index (κ2) is 47.8. The maximum Gasteiger partial charge on any atom is 0.306 e. The number of rotatable bonds is 35. The third-order valence-corrected chi connectivity index (χ3v) is 20.3. The maximum absolute atomic E-state index is 13.2. The summed E-state index contributed by atoms with van der Waals surface area (Å²) in [5.41, 5.74) is 0. The van der Waals surface area contributed by atoms with Crippen LogP contribution in [0.1, 0.15) is 96.8 Å². The van der Waals surface area contributed by atoms with Crippen LogP contribution in [-0.4, -0.2) is 447 Å². The van der Waals surface area contributed by atoms with Gasteiger partial charge in [-0.2, -0.15) is 0 Å². The Labute approximate surface area is 708 Å². The van der Waals surface area contributed by atoms with Crippen molar-refractivity contribution in [2.45, 2.75) is 312 Å². The van der Waals surface area contributed by atoms with Gasteiger partial charge in [0, 0.05) is 6.42 Å². The third kappa shape index (κ3) is 28.8. The Morgan fingerprint density at radius 2 is 0.302 bits per heavy atom. The summed E-state index contributed by atoms with van der Waals surface area (Å²) >= 11 is 0. The maximum atomic E-state index is 13.2. The molecular weight excluding hydrogens is 1730 g/mol. The molecule has 55 heteroatoms. The molecule has 0 amide bonds. The molecule has 55 nitrogen and oxygen atoms in total. The fourth-order valence-corrected chi connectivity index (χ4v) is 13.6. The van der Waals surface area contributed by atoms with E-state index in [1.54, 1.807) is 0 Å². The number of aliphatic carboxylic acids is 6. The van der Waals surface area contributed by atoms with E-state index < -0.39 is 434 Å². The predicted octanol–water partition coefficient (Wildman–Crippen LogP) is -11.8. The van der Waals surface area contributed by atoms with Crippen LogP contribution in [0.2, 0.25) is 0 Å². The average molecular weight is 1830 g/mol. The van der Waals surface area contributed by atoms with E-state index >= 15 is 0 Å². The van der Waals surface area contributed by atoms with E-state index in [0.29, 0.717) is 0 Å². The average Bonchev–Trinajstić information content (AvgIpc) is 0.779. The molecule has 35 atom stereocenters. The zero-order valence-corrected chi connectivity index (χ0v) is 66.3. The normalized spacial score (nSPS) is 37.8. The van der Waals surface area contributed by atoms with Crippen molar-refractivity contribution >= 4 is 83.4 Å². The lowest BCUT2D eigenvalue weighted by molar-refractivity contribution is -0.396. The van der Waals surface area contributed by atoms with Crippen molar-refractivity contribution in [2.75, 3.05) is 46.2 Å². The highest BCUT2D eigenvalue weighted by molar-refractivity contribution is 5.81. The van der Waals surface area contributed by atoms with Crippen molar-refractivity contribution in [3.63, 3.8) is 0 Å². The standard InChI is InChI=1S/C71H100O55/c1-23(72)2-9-37(85)106-16-24-58-44(92)51(99)65(113-24)121-59-25(17-107-38(86)10-3-31(73)74)115-67(53(101)46(59)94)123-61-27(19-109-40(88)12-5-33(77)78)117-69(55(103)48(61)96)125-63-29(21-111-42(90)14-7-35(81)82)119-71(57(105)50(63)98)126-64-30(22-112-43(91)15-8-36(83)84)118-70(56(104)49(64)97)124-62-28(20-110-41(89)13-6-34(79)80)116-68(54(102)47(62)95)122-60-26(18-108-39(87)11-4-32(75)76)114-66(120-58)52(100)45(60)93/h24-30,44-71,92-105H,2-22H2,1H3,(H,73,74)(H,75,76)(H,77,78)(H,79,80)(H,81,82)(H,83,84)/t24-,25-,26?,27-,28-,29-,30-,44+,45+,46+,47?,48+,49+,50+,51+,52?,53+,54?,55?,56?,57?,58-,59?,60-,61-,62?,63?,64?,65?,66?,67-,68-,69?,70?,71?/m1/s1. The minimum atomic E-state index is -2.65. The summed E-state index contributed by atoms with van der Waals surface area (Å²) in [6, 6.07) is 0. The van der Waals surface area contributed by atoms with E-state index in [1.807, 2.05) is 0 Å². The molecule has 0 radical (unpaired) electrons. The Balaban J connectivity index is 1.26. The molecular formula is C71H100O55. The molecule has 0 saturated carbocycles. The number of aliphatic hydroxyl groups is 14. The summed E-state index contributed by atoms with van der Waals surface area (Å²) < 4.78 is 121. The summed E-state index contributed by atoms with van der Waals surface area (Å²) in [6.45, 7) is -7.51. The fourth-order valence-electron chi connectivity index (χ4n) is 13.6. The number of Topliss-reactive ketones (excluding diaryl/α,β-unsaturated/α-hetero) is 1. The van der Waals surface area contributed by atoms with Crippen molar-refractivity contribution in [1.82, 2.24) is 0 Å². The molecule has 0 aromatic rings. The molecule has 16 unspecified atom stereocenters. The highest BCUT2D eigenvalue weighted by atomic mass is 16.8. The Kier molecular flexibility index (Phi) is 39.1. The molecule has 20 N–H and O–H groups in total. The zero-order valence-electron chi connectivity index (χ0n) is 66.3. The van der Waals surface area contributed by atoms with Gasteiger partial charge in [-0.25, -0.2) is 0 Å². The van der Waals surface area contributed by atoms with Gasteiger partial charge < -0.3 is 206 Å². The van der Waals surface area contributed by atoms with Gasteiger partial charge in [-0.1, -0.05) is 0 Å². The lowest BCUT2D eigenvalue weighted by atomic mass is 9.95. The summed E-state index contributed by atoms with van der Waals surface area (Å²) in [6.07, 6.45) is -97.7. The van der Waals surface area contributed by atoms with Crippen molar-refractivity contribution in [2.24, 2.45) is 0 Å². The van der Waals surface area contributed by atoms with E-state index in [9.17, 15) is 169 Å². The topological polar surface area (TPSA) is 837 Å². The van der Waals surface area contributed by atoms with Crippen LogP contribution in [0.3, 0.4) is 0 Å². The second-order valence-electron chi connectivity index (χ2n) is 29.7. The molecule has 21 heterocycles. The molecule has 21 saturated heterocycles. The number of carboxylic acid groups (broad SMARTS) is 6. The smallest absolute Gasteiger partial charge is 0.306 e. The van der Waals surface area contributed by atoms with E-state index in [2.05, 4.69) is 0 Å². The minimum Gasteiger partial charge on any atom is -0.481 e. The van der Waals surface area contributed by atoms with Crippen LogP contribution < -0.4 is 0 Å². The number of carboxylic acids is 6. The minimum absolute atomic E-state index is 0.444. The lowest BCUT2D eigenvalue weighted by Gasteiger charge is -2.50. The molecule has 21 aliphatic rings. The van der Waals surface area contributed by atoms with Gasteiger partial charge >= 0.3 is 77.6 Å². The van der Waals surface area contributed by atoms with Crippen LogP contribution in [0, 0.1) is 0 Å². The Hall–Kier alpha value is -8.34. The number of hydrogen-bond donors (Lipinski definition) is 20. The number of ketones is 1. The van der Waals surface area contributed by atoms with Gasteiger partial charge in [0.05, 0.1) is 83.5 Å². The van der Waals surface area contributed by atoms with Crippen LogP contribution >= 0.6 is 0 Å². The molecule has 0 aromatic heterocycles. The quantitative estimate of drug-likeness (QED) is 0.0207. The van der Waals surface area contributed by atoms with Gasteiger partial charge in [-0.3, -0.25) is 62.3 Å². The van der Waals surface area contributed by atoms with Gasteiger partial charge in [0.2, 0.25) is 0 Å². The first-order valence-corrected chi connectivity index (χ1v) is 39.0. The van der Waals surface area contributed by atoms with Crippen LogP contribution in [0.4, 0.5) is 0 Å². The Morgan fingerprint density at radius 1 is 0.183 bits per heavy atom. The van der Waals surface area contributed by atoms with E-state index in [0.717, 1.165) is 6.92 Å². The van der Waals surface area contributed by atoms with Crippen molar-refractivity contribution in [1.29, 1.82) is 0 Å². The number of carbonyl (C=O) groups is 14. The molecule has 14 bridgehead atoms. The Bertz CT molecular complexity index is 3050. The molecule has 21 rings (SSSR count). The first kappa shape index (κ1) is 103. The van der Waals surface area contributed by atoms with Crippen LogP contribution in [-0.2, 0) is 167 Å². The molecule has 0 aromatic carbocycles. The first-order valence-electron chi connectivity index (χ1n) is 39.0. The molecule has 126 heavy (non-hydrogen) atoms. The van der Waals surface area contributed by atoms with E-state index in [1.165, 1.54) is 0 Å². The zero-order chi connectivity index (χ0) is 93.0. The first-order chi connectivity index (χ1) is 59.4. The van der Waals surface area contributed by atoms with Gasteiger partial charge in [0.15, 0.2) is 44.0 Å². The van der Waals surface area contributed by atoms with Crippen LogP contribution in [0.25, 0.3) is 0 Å². The molecule has 0 aliphatic carbocycles. The number of hydrogen-bond acceptors (Lipinski definition) is 49. The van der Waals surface area contributed by atoms with E-state index in [-0.39, 0.29) is 0 Å². The van der Waals surface area contributed by atoms with Gasteiger partial charge in [-0.05, 0) is 6.92 Å². The molecule has 21 aliphatic heterocycles. The highest BCUT2D eigenvalue weighted by Gasteiger charge is 2.61. The number of aliphatic hydroxyl groups excluding tert-OH is 14. The van der Waals surface area contributed by atoms with Crippen LogP contribution in [0.5, 0.6) is 0 Å². The third-order valence-electron chi connectivity index (χ3n) is 20.3. The predicted molar refractivity (Wildman–Crippen MR) is 377 cm³/mol. The number of esters is 7. The van der Waals surface area contributed by atoms with Crippen molar-refractivity contribution in [3.8, 4) is 0 Å². The van der Waals surface area contributed by atoms with Gasteiger partial charge in [0.25, 0.3) is 0 Å². The second-order valence-corrected chi connectivity index (χ2v) is 29.7. The molecule has 0 spiro atoms. The molecule has 714 valence electrons. The van der Waals surface area contributed by atoms with Crippen molar-refractivity contribution in [3.05, 3.63) is 0 Å². The lowest BCUT2D eigenvalue weighted by Crippen LogP contribution is -2.68. The Morgan fingerprint density at radius 3 is 0.413 bits per heavy atom. The van der Waals surface area contributed by atoms with E-state index in [4.69, 9.17) is 99.5 Å². The monoisotopic (exact) mass is 1830 g/mol. The van der Waals surface area contributed by atoms with Gasteiger partial charge in [0.1, 0.15) is 223 Å². The number of carbonyl (C=O) groups excluding carboxylic acids is 8. The van der Waals surface area contributed by atoms with Gasteiger partial charge in [-0.15, -0.1) is 0 Å². The fraction of sp³-hybridized carbons (Fsp3) is 0.803. The summed E-state index contributed by atoms with van der Waals surface area (Å²) in [7, 11) is 0. The SMILES string of the molecule is CC(=O)CCC(=O)OC[C@H]1OC2OC3[C@@H](O)[C@H](O)[C@@H](O[C@@H]4[C@@H](COC(=O)CCC(=O)O)OC(OC5[C@@H](O)C(O)C(OC6[C@@H](O)C(O)C(OC7C(O)C(O)[C@@H](O[C@@H]8C(COC(=O)CCC(=O)O)OC(O[C@H]1[C@@H](O)[C@@H]2O)C(O)[C@@H]8O)O[C@@H]7COC(=O)CCC(=O)O)O[C@@H]6COC(=O)CCC(=O)O)O[C@@H]5COC(=O)CCC(=O)O)C(O)[C@@H]4O)O[C@@H]3COC(=O)CCC(=O)O. The summed E-state index contributed by atoms with van der Waals surface area (Å²) in [5.74, 6) is -18.9.